The van der Waals surface area contributed by atoms with Gasteiger partial charge in [0.1, 0.15) is 0 Å². The molecule has 1 atom stereocenters. The summed E-state index contributed by atoms with van der Waals surface area (Å²) >= 11 is 1.51. The lowest BCUT2D eigenvalue weighted by molar-refractivity contribution is -0.130. The molecule has 7 heteroatoms. The Kier molecular flexibility index (Phi) is 5.95. The lowest BCUT2D eigenvalue weighted by atomic mass is 10.0. The van der Waals surface area contributed by atoms with E-state index in [0.717, 1.165) is 11.3 Å². The van der Waals surface area contributed by atoms with E-state index in [0.29, 0.717) is 18.0 Å². The zero-order chi connectivity index (χ0) is 16.8. The average molecular weight is 335 g/mol. The molecule has 1 aromatic carbocycles. The van der Waals surface area contributed by atoms with Gasteiger partial charge >= 0.3 is 0 Å². The molecule has 0 aliphatic rings. The molecule has 6 nitrogen and oxygen atoms in total. The molecule has 2 N–H and O–H groups in total. The molecule has 1 aromatic heterocycles. The Bertz CT molecular complexity index is 646. The van der Waals surface area contributed by atoms with Crippen molar-refractivity contribution in [1.29, 1.82) is 0 Å². The highest BCUT2D eigenvalue weighted by molar-refractivity contribution is 7.07. The molecule has 0 radical (unpaired) electrons. The first kappa shape index (κ1) is 17.2. The van der Waals surface area contributed by atoms with Crippen molar-refractivity contribution in [3.63, 3.8) is 0 Å². The molecule has 2 rings (SSSR count). The Labute approximate surface area is 139 Å². The third kappa shape index (κ3) is 4.43. The summed E-state index contributed by atoms with van der Waals surface area (Å²) in [7, 11) is 4.90. The molecule has 0 fully saturated rings. The number of rotatable bonds is 7. The number of benzene rings is 1. The molecule has 0 saturated carbocycles. The summed E-state index contributed by atoms with van der Waals surface area (Å²) < 4.78 is 10.5. The van der Waals surface area contributed by atoms with Crippen LogP contribution < -0.4 is 15.2 Å². The molecule has 0 spiro atoms. The standard InChI is InChI=1S/C16H21N3O3S/c1-19(8-12-9-23-10-18-12)16(20)7-13(17)11-4-5-14(21-2)15(6-11)22-3/h4-6,9-10,13H,7-8,17H2,1-3H3/t13-/m1/s1. The van der Waals surface area contributed by atoms with Crippen molar-refractivity contribution in [3.05, 3.63) is 40.3 Å². The van der Waals surface area contributed by atoms with Gasteiger partial charge in [0.2, 0.25) is 5.91 Å². The van der Waals surface area contributed by atoms with Crippen molar-refractivity contribution < 1.29 is 14.3 Å². The van der Waals surface area contributed by atoms with Crippen LogP contribution in [0.2, 0.25) is 0 Å². The summed E-state index contributed by atoms with van der Waals surface area (Å²) in [6.45, 7) is 0.487. The summed E-state index contributed by atoms with van der Waals surface area (Å²) in [4.78, 5) is 18.1. The Morgan fingerprint density at radius 3 is 2.70 bits per heavy atom. The number of thiazole rings is 1. The number of nitrogens with two attached hydrogens (primary N) is 1. The molecule has 0 unspecified atom stereocenters. The number of carbonyl (C=O) groups excluding carboxylic acids is 1. The maximum absolute atomic E-state index is 12.3. The van der Waals surface area contributed by atoms with E-state index >= 15 is 0 Å². The van der Waals surface area contributed by atoms with E-state index < -0.39 is 6.04 Å². The molecule has 1 amide bonds. The van der Waals surface area contributed by atoms with Crippen molar-refractivity contribution in [3.8, 4) is 11.5 Å². The number of amides is 1. The van der Waals surface area contributed by atoms with Crippen molar-refractivity contribution in [1.82, 2.24) is 9.88 Å². The van der Waals surface area contributed by atoms with Gasteiger partial charge < -0.3 is 20.1 Å². The van der Waals surface area contributed by atoms with Gasteiger partial charge in [-0.05, 0) is 17.7 Å². The molecule has 0 saturated heterocycles. The smallest absolute Gasteiger partial charge is 0.224 e. The topological polar surface area (TPSA) is 77.7 Å². The third-order valence-electron chi connectivity index (χ3n) is 3.54. The number of aromatic nitrogens is 1. The second-order valence-electron chi connectivity index (χ2n) is 5.15. The minimum absolute atomic E-state index is 0.0275. The molecule has 1 heterocycles. The van der Waals surface area contributed by atoms with Gasteiger partial charge in [0, 0.05) is 24.9 Å². The zero-order valence-electron chi connectivity index (χ0n) is 13.5. The Balaban J connectivity index is 2.00. The molecule has 124 valence electrons. The fourth-order valence-electron chi connectivity index (χ4n) is 2.19. The minimum Gasteiger partial charge on any atom is -0.493 e. The first-order valence-corrected chi connectivity index (χ1v) is 8.08. The maximum atomic E-state index is 12.3. The van der Waals surface area contributed by atoms with E-state index in [4.69, 9.17) is 15.2 Å². The van der Waals surface area contributed by atoms with Crippen molar-refractivity contribution in [2.24, 2.45) is 5.73 Å². The monoisotopic (exact) mass is 335 g/mol. The predicted octanol–water partition coefficient (Wildman–Crippen LogP) is 2.21. The largest absolute Gasteiger partial charge is 0.493 e. The molecule has 0 aliphatic heterocycles. The lowest BCUT2D eigenvalue weighted by Crippen LogP contribution is -2.29. The normalized spacial score (nSPS) is 11.8. The summed E-state index contributed by atoms with van der Waals surface area (Å²) in [5.74, 6) is 1.21. The van der Waals surface area contributed by atoms with Crippen LogP contribution in [0.15, 0.2) is 29.1 Å². The van der Waals surface area contributed by atoms with Gasteiger partial charge in [0.05, 0.1) is 32.0 Å². The van der Waals surface area contributed by atoms with Crippen LogP contribution in [0.5, 0.6) is 11.5 Å². The number of hydrogen-bond acceptors (Lipinski definition) is 6. The molecular weight excluding hydrogens is 314 g/mol. The van der Waals surface area contributed by atoms with E-state index in [1.54, 1.807) is 43.8 Å². The van der Waals surface area contributed by atoms with E-state index in [9.17, 15) is 4.79 Å². The summed E-state index contributed by atoms with van der Waals surface area (Å²) in [5, 5.41) is 1.93. The fourth-order valence-corrected chi connectivity index (χ4v) is 2.74. The molecule has 0 bridgehead atoms. The van der Waals surface area contributed by atoms with Crippen molar-refractivity contribution in [2.75, 3.05) is 21.3 Å². The Morgan fingerprint density at radius 2 is 2.09 bits per heavy atom. The highest BCUT2D eigenvalue weighted by Crippen LogP contribution is 2.30. The van der Waals surface area contributed by atoms with Crippen LogP contribution in [0.4, 0.5) is 0 Å². The maximum Gasteiger partial charge on any atom is 0.224 e. The number of carbonyl (C=O) groups is 1. The Morgan fingerprint density at radius 1 is 1.35 bits per heavy atom. The molecule has 23 heavy (non-hydrogen) atoms. The molecule has 2 aromatic rings. The average Bonchev–Trinajstić information content (AvgIpc) is 3.06. The quantitative estimate of drug-likeness (QED) is 0.839. The highest BCUT2D eigenvalue weighted by Gasteiger charge is 2.17. The van der Waals surface area contributed by atoms with Crippen LogP contribution in [-0.4, -0.2) is 37.1 Å². The zero-order valence-corrected chi connectivity index (χ0v) is 14.3. The van der Waals surface area contributed by atoms with Gasteiger partial charge in [0.15, 0.2) is 11.5 Å². The van der Waals surface area contributed by atoms with Gasteiger partial charge in [-0.25, -0.2) is 4.98 Å². The van der Waals surface area contributed by atoms with Gasteiger partial charge in [0.25, 0.3) is 0 Å². The van der Waals surface area contributed by atoms with Gasteiger partial charge in [-0.15, -0.1) is 11.3 Å². The molecular formula is C16H21N3O3S. The first-order chi connectivity index (χ1) is 11.0. The molecule has 0 aliphatic carbocycles. The minimum atomic E-state index is -0.403. The van der Waals surface area contributed by atoms with E-state index in [-0.39, 0.29) is 12.3 Å². The number of hydrogen-bond donors (Lipinski definition) is 1. The van der Waals surface area contributed by atoms with Crippen molar-refractivity contribution in [2.45, 2.75) is 19.0 Å². The summed E-state index contributed by atoms with van der Waals surface area (Å²) in [6, 6.07) is 5.04. The third-order valence-corrected chi connectivity index (χ3v) is 4.17. The predicted molar refractivity (Wildman–Crippen MR) is 89.7 cm³/mol. The Hall–Kier alpha value is -2.12. The van der Waals surface area contributed by atoms with E-state index in [1.807, 2.05) is 11.4 Å². The van der Waals surface area contributed by atoms with Gasteiger partial charge in [-0.1, -0.05) is 6.07 Å². The summed E-state index contributed by atoms with van der Waals surface area (Å²) in [6.07, 6.45) is 0.218. The summed E-state index contributed by atoms with van der Waals surface area (Å²) in [5.41, 5.74) is 9.63. The number of nitrogens with zero attached hydrogens (tertiary/aromatic N) is 2. The van der Waals surface area contributed by atoms with Crippen LogP contribution in [0, 0.1) is 0 Å². The van der Waals surface area contributed by atoms with E-state index in [2.05, 4.69) is 4.98 Å². The number of methoxy groups -OCH3 is 2. The van der Waals surface area contributed by atoms with Crippen LogP contribution in [0.3, 0.4) is 0 Å². The van der Waals surface area contributed by atoms with Crippen LogP contribution in [0.25, 0.3) is 0 Å². The van der Waals surface area contributed by atoms with Crippen LogP contribution >= 0.6 is 11.3 Å². The van der Waals surface area contributed by atoms with Gasteiger partial charge in [-0.3, -0.25) is 4.79 Å². The second kappa shape index (κ2) is 7.94. The van der Waals surface area contributed by atoms with Crippen LogP contribution in [-0.2, 0) is 11.3 Å². The first-order valence-electron chi connectivity index (χ1n) is 7.13. The van der Waals surface area contributed by atoms with Gasteiger partial charge in [-0.2, -0.15) is 0 Å². The van der Waals surface area contributed by atoms with Crippen molar-refractivity contribution >= 4 is 17.2 Å². The SMILES string of the molecule is COc1ccc([C@H](N)CC(=O)N(C)Cc2cscn2)cc1OC. The van der Waals surface area contributed by atoms with Crippen LogP contribution in [0.1, 0.15) is 23.7 Å². The lowest BCUT2D eigenvalue weighted by Gasteiger charge is -2.19. The van der Waals surface area contributed by atoms with E-state index in [1.165, 1.54) is 11.3 Å². The second-order valence-corrected chi connectivity index (χ2v) is 5.87. The fraction of sp³-hybridized carbons (Fsp3) is 0.375. The highest BCUT2D eigenvalue weighted by atomic mass is 32.1. The number of ether oxygens (including phenoxy) is 2.